The zero-order valence-corrected chi connectivity index (χ0v) is 11.8. The molecule has 1 aromatic rings. The fraction of sp³-hybridized carbons (Fsp3) is 0.357. The Kier molecular flexibility index (Phi) is 4.23. The lowest BCUT2D eigenvalue weighted by Crippen LogP contribution is -2.45. The third-order valence-corrected chi connectivity index (χ3v) is 3.23. The van der Waals surface area contributed by atoms with Crippen LogP contribution < -0.4 is 15.5 Å². The Morgan fingerprint density at radius 1 is 1.33 bits per heavy atom. The number of aliphatic hydroxyl groups excluding tert-OH is 1. The molecule has 3 N–H and O–H groups in total. The highest BCUT2D eigenvalue weighted by atomic mass is 16.3. The van der Waals surface area contributed by atoms with Crippen LogP contribution in [0.3, 0.4) is 0 Å². The van der Waals surface area contributed by atoms with Crippen LogP contribution in [0.25, 0.3) is 0 Å². The van der Waals surface area contributed by atoms with Gasteiger partial charge in [0.1, 0.15) is 6.04 Å². The van der Waals surface area contributed by atoms with Crippen molar-refractivity contribution >= 4 is 23.4 Å². The van der Waals surface area contributed by atoms with Crippen LogP contribution in [-0.2, 0) is 14.4 Å². The normalized spacial score (nSPS) is 18.1. The van der Waals surface area contributed by atoms with Crippen molar-refractivity contribution < 1.29 is 19.5 Å². The molecule has 21 heavy (non-hydrogen) atoms. The Hall–Kier alpha value is -2.41. The lowest BCUT2D eigenvalue weighted by atomic mass is 10.1. The number of hydrogen-bond donors (Lipinski definition) is 3. The van der Waals surface area contributed by atoms with Gasteiger partial charge in [-0.25, -0.2) is 0 Å². The second-order valence-electron chi connectivity index (χ2n) is 4.92. The zero-order valence-electron chi connectivity index (χ0n) is 11.8. The first-order valence-electron chi connectivity index (χ1n) is 6.55. The average Bonchev–Trinajstić information content (AvgIpc) is 2.70. The molecule has 0 aliphatic carbocycles. The summed E-state index contributed by atoms with van der Waals surface area (Å²) in [4.78, 5) is 36.9. The van der Waals surface area contributed by atoms with Crippen molar-refractivity contribution in [3.8, 4) is 0 Å². The number of aliphatic hydroxyl groups is 1. The van der Waals surface area contributed by atoms with Crippen LogP contribution >= 0.6 is 0 Å². The maximum absolute atomic E-state index is 12.1. The van der Waals surface area contributed by atoms with Crippen molar-refractivity contribution in [1.29, 1.82) is 0 Å². The Balaban J connectivity index is 2.08. The van der Waals surface area contributed by atoms with Crippen molar-refractivity contribution in [2.45, 2.75) is 19.1 Å². The van der Waals surface area contributed by atoms with Crippen LogP contribution in [-0.4, -0.2) is 42.5 Å². The minimum atomic E-state index is -0.904. The van der Waals surface area contributed by atoms with E-state index >= 15 is 0 Å². The monoisotopic (exact) mass is 291 g/mol. The zero-order chi connectivity index (χ0) is 15.6. The topological polar surface area (TPSA) is 98.7 Å². The number of nitrogens with zero attached hydrogens (tertiary/aromatic N) is 1. The molecule has 7 nitrogen and oxygen atoms in total. The van der Waals surface area contributed by atoms with Crippen LogP contribution in [0.4, 0.5) is 5.69 Å². The Morgan fingerprint density at radius 3 is 2.67 bits per heavy atom. The summed E-state index contributed by atoms with van der Waals surface area (Å²) >= 11 is 0. The van der Waals surface area contributed by atoms with Gasteiger partial charge in [-0.3, -0.25) is 14.4 Å². The van der Waals surface area contributed by atoms with Gasteiger partial charge < -0.3 is 20.6 Å². The quantitative estimate of drug-likeness (QED) is 0.642. The van der Waals surface area contributed by atoms with E-state index in [1.54, 1.807) is 31.3 Å². The number of rotatable bonds is 3. The molecule has 0 radical (unpaired) electrons. The highest BCUT2D eigenvalue weighted by molar-refractivity contribution is 6.35. The molecule has 0 fully saturated rings. The summed E-state index contributed by atoms with van der Waals surface area (Å²) in [5.74, 6) is -2.08. The molecule has 1 heterocycles. The molecule has 2 atom stereocenters. The predicted molar refractivity (Wildman–Crippen MR) is 75.4 cm³/mol. The van der Waals surface area contributed by atoms with Gasteiger partial charge in [0.05, 0.1) is 6.10 Å². The van der Waals surface area contributed by atoms with Gasteiger partial charge in [-0.2, -0.15) is 0 Å². The molecule has 0 saturated heterocycles. The van der Waals surface area contributed by atoms with E-state index in [0.29, 0.717) is 11.3 Å². The van der Waals surface area contributed by atoms with E-state index < -0.39 is 24.0 Å². The molecule has 1 aliphatic heterocycles. The van der Waals surface area contributed by atoms with E-state index in [1.165, 1.54) is 11.8 Å². The smallest absolute Gasteiger partial charge is 0.310 e. The average molecular weight is 291 g/mol. The van der Waals surface area contributed by atoms with Gasteiger partial charge in [-0.1, -0.05) is 18.2 Å². The van der Waals surface area contributed by atoms with E-state index in [1.807, 2.05) is 0 Å². The Bertz CT molecular complexity index is 585. The molecule has 112 valence electrons. The second-order valence-corrected chi connectivity index (χ2v) is 4.92. The van der Waals surface area contributed by atoms with Crippen LogP contribution in [0.1, 0.15) is 18.5 Å². The van der Waals surface area contributed by atoms with E-state index in [4.69, 9.17) is 5.11 Å². The fourth-order valence-electron chi connectivity index (χ4n) is 2.14. The van der Waals surface area contributed by atoms with Gasteiger partial charge in [0.15, 0.2) is 0 Å². The molecule has 0 spiro atoms. The molecule has 2 rings (SSSR count). The summed E-state index contributed by atoms with van der Waals surface area (Å²) in [5.41, 5.74) is 1.36. The number of likely N-dealkylation sites (N-methyl/N-ethyl adjacent to an activating group) is 1. The number of para-hydroxylation sites is 1. The highest BCUT2D eigenvalue weighted by Gasteiger charge is 2.36. The van der Waals surface area contributed by atoms with E-state index in [9.17, 15) is 14.4 Å². The number of carbonyl (C=O) groups excluding carboxylic acids is 3. The highest BCUT2D eigenvalue weighted by Crippen LogP contribution is 2.34. The lowest BCUT2D eigenvalue weighted by Gasteiger charge is -2.13. The summed E-state index contributed by atoms with van der Waals surface area (Å²) in [6, 6.07) is 6.19. The first kappa shape index (κ1) is 15.0. The van der Waals surface area contributed by atoms with Crippen LogP contribution in [0, 0.1) is 0 Å². The van der Waals surface area contributed by atoms with Crippen molar-refractivity contribution in [3.05, 3.63) is 29.8 Å². The van der Waals surface area contributed by atoms with Crippen LogP contribution in [0.2, 0.25) is 0 Å². The maximum Gasteiger partial charge on any atom is 0.310 e. The summed E-state index contributed by atoms with van der Waals surface area (Å²) in [7, 11) is 1.61. The summed E-state index contributed by atoms with van der Waals surface area (Å²) in [5, 5.41) is 13.8. The van der Waals surface area contributed by atoms with Crippen LogP contribution in [0.5, 0.6) is 0 Å². The van der Waals surface area contributed by atoms with E-state index in [0.717, 1.165) is 0 Å². The predicted octanol–water partition coefficient (Wildman–Crippen LogP) is -0.683. The maximum atomic E-state index is 12.1. The molecular formula is C14H17N3O4. The molecular weight excluding hydrogens is 274 g/mol. The largest absolute Gasteiger partial charge is 0.392 e. The van der Waals surface area contributed by atoms with Crippen molar-refractivity contribution in [2.75, 3.05) is 18.5 Å². The number of benzene rings is 1. The minimum Gasteiger partial charge on any atom is -0.392 e. The standard InChI is InChI=1S/C14H17N3O4/c1-8(18)7-15-12(19)13(20)16-11-9-5-3-4-6-10(9)17(2)14(11)21/h3-6,8,11,18H,7H2,1-2H3,(H,15,19)(H,16,20)/t8-,11?/m0/s1. The minimum absolute atomic E-state index is 0.0264. The number of fused-ring (bicyclic) bond motifs is 1. The second kappa shape index (κ2) is 5.92. The fourth-order valence-corrected chi connectivity index (χ4v) is 2.14. The van der Waals surface area contributed by atoms with Gasteiger partial charge >= 0.3 is 11.8 Å². The number of hydrogen-bond acceptors (Lipinski definition) is 4. The Morgan fingerprint density at radius 2 is 2.00 bits per heavy atom. The van der Waals surface area contributed by atoms with Crippen LogP contribution in [0.15, 0.2) is 24.3 Å². The lowest BCUT2D eigenvalue weighted by molar-refractivity contribution is -0.140. The van der Waals surface area contributed by atoms with E-state index in [2.05, 4.69) is 10.6 Å². The van der Waals surface area contributed by atoms with Gasteiger partial charge in [0, 0.05) is 24.8 Å². The number of amides is 3. The molecule has 1 unspecified atom stereocenters. The third-order valence-electron chi connectivity index (χ3n) is 3.23. The van der Waals surface area contributed by atoms with Gasteiger partial charge in [0.2, 0.25) is 0 Å². The molecule has 0 saturated carbocycles. The van der Waals surface area contributed by atoms with Crippen molar-refractivity contribution in [1.82, 2.24) is 10.6 Å². The van der Waals surface area contributed by atoms with Gasteiger partial charge in [0.25, 0.3) is 5.91 Å². The SMILES string of the molecule is C[C@H](O)CNC(=O)C(=O)NC1C(=O)N(C)c2ccccc21. The van der Waals surface area contributed by atoms with Gasteiger partial charge in [-0.05, 0) is 13.0 Å². The third kappa shape index (κ3) is 3.03. The van der Waals surface area contributed by atoms with Gasteiger partial charge in [-0.15, -0.1) is 0 Å². The molecule has 1 aliphatic rings. The first-order valence-corrected chi connectivity index (χ1v) is 6.55. The number of anilines is 1. The summed E-state index contributed by atoms with van der Waals surface area (Å²) < 4.78 is 0. The first-order chi connectivity index (χ1) is 9.91. The van der Waals surface area contributed by atoms with E-state index in [-0.39, 0.29) is 12.5 Å². The van der Waals surface area contributed by atoms with Crippen molar-refractivity contribution in [3.63, 3.8) is 0 Å². The molecule has 1 aromatic carbocycles. The summed E-state index contributed by atoms with van der Waals surface area (Å²) in [6.45, 7) is 1.46. The number of nitrogens with one attached hydrogen (secondary N) is 2. The molecule has 0 bridgehead atoms. The van der Waals surface area contributed by atoms with Crippen molar-refractivity contribution in [2.24, 2.45) is 0 Å². The Labute approximate surface area is 121 Å². The molecule has 3 amide bonds. The summed E-state index contributed by atoms with van der Waals surface area (Å²) in [6.07, 6.45) is -0.748. The number of carbonyl (C=O) groups is 3. The molecule has 7 heteroatoms. The molecule has 0 aromatic heterocycles.